The number of carbonyl (C=O) groups is 1. The predicted octanol–water partition coefficient (Wildman–Crippen LogP) is 2.26. The number of hydrogen-bond acceptors (Lipinski definition) is 2. The molecule has 1 N–H and O–H groups in total. The average Bonchev–Trinajstić information content (AvgIpc) is 2.85. The Bertz CT molecular complexity index is 224. The molecule has 0 spiro atoms. The summed E-state index contributed by atoms with van der Waals surface area (Å²) in [4.78, 5) is 13.2. The van der Waals surface area contributed by atoms with Crippen LogP contribution in [0.2, 0.25) is 0 Å². The lowest BCUT2D eigenvalue weighted by Gasteiger charge is -2.30. The zero-order valence-corrected chi connectivity index (χ0v) is 9.32. The molecule has 1 saturated carbocycles. The third kappa shape index (κ3) is 2.71. The van der Waals surface area contributed by atoms with E-state index in [0.29, 0.717) is 12.5 Å². The van der Waals surface area contributed by atoms with Crippen molar-refractivity contribution >= 4 is 5.97 Å². The second-order valence-corrected chi connectivity index (χ2v) is 4.90. The maximum Gasteiger partial charge on any atom is 0.303 e. The molecule has 86 valence electrons. The molecule has 0 amide bonds. The van der Waals surface area contributed by atoms with E-state index in [2.05, 4.69) is 4.90 Å². The first kappa shape index (κ1) is 10.9. The maximum atomic E-state index is 10.6. The molecule has 1 aliphatic carbocycles. The highest BCUT2D eigenvalue weighted by Crippen LogP contribution is 2.31. The van der Waals surface area contributed by atoms with Gasteiger partial charge in [-0.15, -0.1) is 0 Å². The lowest BCUT2D eigenvalue weighted by molar-refractivity contribution is -0.137. The summed E-state index contributed by atoms with van der Waals surface area (Å²) in [6.45, 7) is 1.20. The van der Waals surface area contributed by atoms with Gasteiger partial charge in [-0.05, 0) is 38.6 Å². The van der Waals surface area contributed by atoms with Gasteiger partial charge in [0.05, 0.1) is 0 Å². The molecule has 1 unspecified atom stereocenters. The first-order valence-corrected chi connectivity index (χ1v) is 6.25. The monoisotopic (exact) mass is 211 g/mol. The highest BCUT2D eigenvalue weighted by Gasteiger charge is 2.31. The molecule has 1 atom stereocenters. The molecule has 1 heterocycles. The van der Waals surface area contributed by atoms with Crippen molar-refractivity contribution in [3.63, 3.8) is 0 Å². The normalized spacial score (nSPS) is 28.7. The Morgan fingerprint density at radius 2 is 1.93 bits per heavy atom. The lowest BCUT2D eigenvalue weighted by Crippen LogP contribution is -2.37. The van der Waals surface area contributed by atoms with Gasteiger partial charge in [0.2, 0.25) is 0 Å². The lowest BCUT2D eigenvalue weighted by atomic mass is 10.1. The van der Waals surface area contributed by atoms with Crippen LogP contribution < -0.4 is 0 Å². The third-order valence-corrected chi connectivity index (χ3v) is 3.91. The molecule has 0 aromatic rings. The maximum absolute atomic E-state index is 10.6. The minimum atomic E-state index is -0.645. The fourth-order valence-electron chi connectivity index (χ4n) is 3.17. The predicted molar refractivity (Wildman–Crippen MR) is 58.9 cm³/mol. The summed E-state index contributed by atoms with van der Waals surface area (Å²) < 4.78 is 0. The van der Waals surface area contributed by atoms with Gasteiger partial charge in [-0.3, -0.25) is 9.69 Å². The van der Waals surface area contributed by atoms with E-state index in [0.717, 1.165) is 12.5 Å². The van der Waals surface area contributed by atoms with Crippen LogP contribution in [0.15, 0.2) is 0 Å². The SMILES string of the molecule is O=C(O)CCC1CCCN1C1CCCC1. The molecule has 0 aromatic carbocycles. The van der Waals surface area contributed by atoms with Gasteiger partial charge in [0, 0.05) is 18.5 Å². The number of carboxylic acids is 1. The average molecular weight is 211 g/mol. The van der Waals surface area contributed by atoms with Gasteiger partial charge >= 0.3 is 5.97 Å². The van der Waals surface area contributed by atoms with E-state index in [9.17, 15) is 4.79 Å². The summed E-state index contributed by atoms with van der Waals surface area (Å²) in [6, 6.07) is 1.33. The van der Waals surface area contributed by atoms with Crippen LogP contribution in [0.25, 0.3) is 0 Å². The Labute approximate surface area is 91.5 Å². The van der Waals surface area contributed by atoms with Crippen molar-refractivity contribution in [3.8, 4) is 0 Å². The van der Waals surface area contributed by atoms with Crippen molar-refractivity contribution in [2.24, 2.45) is 0 Å². The van der Waals surface area contributed by atoms with Crippen molar-refractivity contribution in [2.75, 3.05) is 6.54 Å². The Morgan fingerprint density at radius 3 is 2.60 bits per heavy atom. The van der Waals surface area contributed by atoms with Gasteiger partial charge in [-0.2, -0.15) is 0 Å². The molecule has 3 nitrogen and oxygen atoms in total. The standard InChI is InChI=1S/C12H21NO2/c14-12(15)8-7-11-6-3-9-13(11)10-4-1-2-5-10/h10-11H,1-9H2,(H,14,15). The van der Waals surface area contributed by atoms with E-state index >= 15 is 0 Å². The first-order chi connectivity index (χ1) is 7.27. The molecule has 1 aliphatic heterocycles. The molecule has 15 heavy (non-hydrogen) atoms. The Kier molecular flexibility index (Phi) is 3.62. The van der Waals surface area contributed by atoms with Crippen LogP contribution >= 0.6 is 0 Å². The van der Waals surface area contributed by atoms with Crippen molar-refractivity contribution in [1.29, 1.82) is 0 Å². The zero-order valence-electron chi connectivity index (χ0n) is 9.32. The number of nitrogens with zero attached hydrogens (tertiary/aromatic N) is 1. The Morgan fingerprint density at radius 1 is 1.20 bits per heavy atom. The van der Waals surface area contributed by atoms with Crippen LogP contribution in [-0.2, 0) is 4.79 Å². The van der Waals surface area contributed by atoms with Crippen LogP contribution in [0, 0.1) is 0 Å². The quantitative estimate of drug-likeness (QED) is 0.775. The highest BCUT2D eigenvalue weighted by atomic mass is 16.4. The summed E-state index contributed by atoms with van der Waals surface area (Å²) in [5.41, 5.74) is 0. The second kappa shape index (κ2) is 4.97. The molecule has 2 rings (SSSR count). The van der Waals surface area contributed by atoms with Gasteiger partial charge in [0.15, 0.2) is 0 Å². The number of likely N-dealkylation sites (tertiary alicyclic amines) is 1. The minimum Gasteiger partial charge on any atom is -0.481 e. The molecule has 0 aromatic heterocycles. The summed E-state index contributed by atoms with van der Waals surface area (Å²) in [5, 5.41) is 8.71. The Balaban J connectivity index is 1.84. The smallest absolute Gasteiger partial charge is 0.303 e. The fourth-order valence-corrected chi connectivity index (χ4v) is 3.17. The first-order valence-electron chi connectivity index (χ1n) is 6.25. The number of aliphatic carboxylic acids is 1. The summed E-state index contributed by atoms with van der Waals surface area (Å²) in [6.07, 6.45) is 9.08. The summed E-state index contributed by atoms with van der Waals surface area (Å²) in [5.74, 6) is -0.645. The third-order valence-electron chi connectivity index (χ3n) is 3.91. The number of hydrogen-bond donors (Lipinski definition) is 1. The van der Waals surface area contributed by atoms with Crippen LogP contribution in [0.1, 0.15) is 51.4 Å². The van der Waals surface area contributed by atoms with Crippen LogP contribution in [0.3, 0.4) is 0 Å². The zero-order chi connectivity index (χ0) is 10.7. The van der Waals surface area contributed by atoms with E-state index in [1.165, 1.54) is 45.1 Å². The van der Waals surface area contributed by atoms with Crippen LogP contribution in [0.5, 0.6) is 0 Å². The molecule has 2 aliphatic rings. The molecular formula is C12H21NO2. The summed E-state index contributed by atoms with van der Waals surface area (Å²) >= 11 is 0. The van der Waals surface area contributed by atoms with Crippen molar-refractivity contribution in [1.82, 2.24) is 4.90 Å². The van der Waals surface area contributed by atoms with Gasteiger partial charge in [-0.25, -0.2) is 0 Å². The van der Waals surface area contributed by atoms with E-state index in [-0.39, 0.29) is 0 Å². The molecule has 3 heteroatoms. The van der Waals surface area contributed by atoms with Crippen molar-refractivity contribution < 1.29 is 9.90 Å². The largest absolute Gasteiger partial charge is 0.481 e. The number of carboxylic acid groups (broad SMARTS) is 1. The molecule has 2 fully saturated rings. The molecular weight excluding hydrogens is 190 g/mol. The van der Waals surface area contributed by atoms with Gasteiger partial charge in [0.25, 0.3) is 0 Å². The Hall–Kier alpha value is -0.570. The molecule has 1 saturated heterocycles. The molecule has 0 bridgehead atoms. The molecule has 0 radical (unpaired) electrons. The van der Waals surface area contributed by atoms with Gasteiger partial charge < -0.3 is 5.11 Å². The van der Waals surface area contributed by atoms with Gasteiger partial charge in [0.1, 0.15) is 0 Å². The van der Waals surface area contributed by atoms with E-state index in [1.54, 1.807) is 0 Å². The van der Waals surface area contributed by atoms with E-state index in [1.807, 2.05) is 0 Å². The fraction of sp³-hybridized carbons (Fsp3) is 0.917. The van der Waals surface area contributed by atoms with Crippen LogP contribution in [-0.4, -0.2) is 34.6 Å². The minimum absolute atomic E-state index is 0.341. The highest BCUT2D eigenvalue weighted by molar-refractivity contribution is 5.66. The van der Waals surface area contributed by atoms with E-state index in [4.69, 9.17) is 5.11 Å². The number of rotatable bonds is 4. The van der Waals surface area contributed by atoms with Crippen molar-refractivity contribution in [2.45, 2.75) is 63.5 Å². The van der Waals surface area contributed by atoms with Crippen LogP contribution in [0.4, 0.5) is 0 Å². The van der Waals surface area contributed by atoms with E-state index < -0.39 is 5.97 Å². The topological polar surface area (TPSA) is 40.5 Å². The second-order valence-electron chi connectivity index (χ2n) is 4.90. The summed E-state index contributed by atoms with van der Waals surface area (Å²) in [7, 11) is 0. The van der Waals surface area contributed by atoms with Crippen molar-refractivity contribution in [3.05, 3.63) is 0 Å². The van der Waals surface area contributed by atoms with Gasteiger partial charge in [-0.1, -0.05) is 12.8 Å².